The van der Waals surface area contributed by atoms with Crippen LogP contribution in [-0.2, 0) is 10.0 Å². The van der Waals surface area contributed by atoms with E-state index < -0.39 is 10.0 Å². The summed E-state index contributed by atoms with van der Waals surface area (Å²) in [6.07, 6.45) is 1.87. The molecule has 1 N–H and O–H groups in total. The zero-order valence-corrected chi connectivity index (χ0v) is 9.74. The van der Waals surface area contributed by atoms with Crippen LogP contribution in [0.5, 0.6) is 5.75 Å². The highest BCUT2D eigenvalue weighted by Gasteiger charge is 2.28. The first-order chi connectivity index (χ1) is 7.51. The van der Waals surface area contributed by atoms with Gasteiger partial charge in [0.2, 0.25) is 10.0 Å². The van der Waals surface area contributed by atoms with E-state index in [1.165, 1.54) is 16.4 Å². The first kappa shape index (κ1) is 11.2. The molecule has 1 aliphatic heterocycles. The van der Waals surface area contributed by atoms with E-state index in [4.69, 9.17) is 0 Å². The lowest BCUT2D eigenvalue weighted by Crippen LogP contribution is -2.29. The predicted octanol–water partition coefficient (Wildman–Crippen LogP) is 1.34. The lowest BCUT2D eigenvalue weighted by Gasteiger charge is -2.16. The topological polar surface area (TPSA) is 57.6 Å². The highest BCUT2D eigenvalue weighted by atomic mass is 32.2. The van der Waals surface area contributed by atoms with Crippen LogP contribution in [0.3, 0.4) is 0 Å². The lowest BCUT2D eigenvalue weighted by atomic mass is 10.3. The molecule has 4 nitrogen and oxygen atoms in total. The average Bonchev–Trinajstić information content (AvgIpc) is 2.66. The third-order valence-corrected chi connectivity index (χ3v) is 4.41. The van der Waals surface area contributed by atoms with Crippen molar-refractivity contribution in [2.75, 3.05) is 13.1 Å². The van der Waals surface area contributed by atoms with E-state index in [-0.39, 0.29) is 10.6 Å². The van der Waals surface area contributed by atoms with Crippen LogP contribution in [0, 0.1) is 0 Å². The number of hydrogen-bond acceptors (Lipinski definition) is 3. The summed E-state index contributed by atoms with van der Waals surface area (Å²) in [7, 11) is -3.57. The van der Waals surface area contributed by atoms with Crippen molar-refractivity contribution in [3.05, 3.63) is 35.9 Å². The van der Waals surface area contributed by atoms with Crippen molar-refractivity contribution in [1.29, 1.82) is 0 Å². The van der Waals surface area contributed by atoms with Crippen LogP contribution in [0.1, 0.15) is 6.92 Å². The van der Waals surface area contributed by atoms with E-state index in [1.807, 2.05) is 13.0 Å². The molecular weight excluding hydrogens is 226 g/mol. The fourth-order valence-corrected chi connectivity index (χ4v) is 3.17. The van der Waals surface area contributed by atoms with Crippen molar-refractivity contribution in [3.8, 4) is 5.75 Å². The molecule has 0 saturated carbocycles. The number of rotatable bonds is 2. The second-order valence-corrected chi connectivity index (χ2v) is 5.72. The van der Waals surface area contributed by atoms with Crippen LogP contribution < -0.4 is 0 Å². The smallest absolute Gasteiger partial charge is 0.247 e. The number of para-hydroxylation sites is 1. The fraction of sp³-hybridized carbons (Fsp3) is 0.273. The summed E-state index contributed by atoms with van der Waals surface area (Å²) in [4.78, 5) is -0.0295. The third kappa shape index (κ3) is 1.83. The van der Waals surface area contributed by atoms with E-state index in [9.17, 15) is 13.5 Å². The number of phenols is 1. The van der Waals surface area contributed by atoms with Gasteiger partial charge >= 0.3 is 0 Å². The molecule has 0 radical (unpaired) electrons. The molecule has 1 aromatic rings. The van der Waals surface area contributed by atoms with Crippen LogP contribution in [0.25, 0.3) is 0 Å². The van der Waals surface area contributed by atoms with Crippen LogP contribution >= 0.6 is 0 Å². The van der Waals surface area contributed by atoms with Crippen molar-refractivity contribution < 1.29 is 13.5 Å². The second kappa shape index (κ2) is 3.92. The van der Waals surface area contributed by atoms with Crippen molar-refractivity contribution in [2.45, 2.75) is 11.8 Å². The second-order valence-electron chi connectivity index (χ2n) is 3.82. The Balaban J connectivity index is 2.38. The molecule has 1 aliphatic rings. The van der Waals surface area contributed by atoms with Crippen molar-refractivity contribution in [1.82, 2.24) is 4.31 Å². The predicted molar refractivity (Wildman–Crippen MR) is 60.6 cm³/mol. The SMILES string of the molecule is CC1=CCN(S(=O)(=O)c2ccccc2O)C1. The summed E-state index contributed by atoms with van der Waals surface area (Å²) in [6, 6.07) is 5.99. The molecule has 0 spiro atoms. The van der Waals surface area contributed by atoms with Gasteiger partial charge in [-0.3, -0.25) is 0 Å². The van der Waals surface area contributed by atoms with Gasteiger partial charge < -0.3 is 5.11 Å². The first-order valence-corrected chi connectivity index (χ1v) is 6.39. The Bertz CT molecular complexity index is 534. The Morgan fingerprint density at radius 2 is 2.00 bits per heavy atom. The average molecular weight is 239 g/mol. The molecule has 86 valence electrons. The van der Waals surface area contributed by atoms with E-state index in [0.29, 0.717) is 13.1 Å². The summed E-state index contributed by atoms with van der Waals surface area (Å²) in [5.74, 6) is -0.202. The minimum Gasteiger partial charge on any atom is -0.507 e. The minimum atomic E-state index is -3.57. The summed E-state index contributed by atoms with van der Waals surface area (Å²) in [5, 5.41) is 9.55. The highest BCUT2D eigenvalue weighted by molar-refractivity contribution is 7.89. The molecule has 0 aliphatic carbocycles. The van der Waals surface area contributed by atoms with Gasteiger partial charge in [0.05, 0.1) is 0 Å². The summed E-state index contributed by atoms with van der Waals surface area (Å²) in [6.45, 7) is 2.67. The van der Waals surface area contributed by atoms with E-state index in [0.717, 1.165) is 5.57 Å². The molecule has 2 rings (SSSR count). The van der Waals surface area contributed by atoms with Gasteiger partial charge in [0.25, 0.3) is 0 Å². The van der Waals surface area contributed by atoms with Crippen LogP contribution in [0.15, 0.2) is 40.8 Å². The number of hydrogen-bond donors (Lipinski definition) is 1. The maximum absolute atomic E-state index is 12.1. The zero-order valence-electron chi connectivity index (χ0n) is 8.92. The molecule has 1 heterocycles. The number of benzene rings is 1. The van der Waals surface area contributed by atoms with Gasteiger partial charge in [-0.05, 0) is 19.1 Å². The molecular formula is C11H13NO3S. The van der Waals surface area contributed by atoms with Gasteiger partial charge in [0, 0.05) is 13.1 Å². The van der Waals surface area contributed by atoms with Crippen LogP contribution in [-0.4, -0.2) is 30.9 Å². The maximum Gasteiger partial charge on any atom is 0.247 e. The van der Waals surface area contributed by atoms with Gasteiger partial charge in [-0.15, -0.1) is 0 Å². The molecule has 5 heteroatoms. The van der Waals surface area contributed by atoms with E-state index >= 15 is 0 Å². The van der Waals surface area contributed by atoms with Gasteiger partial charge in [0.1, 0.15) is 10.6 Å². The number of nitrogens with zero attached hydrogens (tertiary/aromatic N) is 1. The monoisotopic (exact) mass is 239 g/mol. The van der Waals surface area contributed by atoms with Gasteiger partial charge in [0.15, 0.2) is 0 Å². The summed E-state index contributed by atoms with van der Waals surface area (Å²) >= 11 is 0. The van der Waals surface area contributed by atoms with Crippen LogP contribution in [0.2, 0.25) is 0 Å². The maximum atomic E-state index is 12.1. The molecule has 0 aromatic heterocycles. The normalized spacial score (nSPS) is 17.4. The number of sulfonamides is 1. The molecule has 0 unspecified atom stereocenters. The van der Waals surface area contributed by atoms with Crippen molar-refractivity contribution >= 4 is 10.0 Å². The van der Waals surface area contributed by atoms with Gasteiger partial charge in [-0.25, -0.2) is 8.42 Å². The lowest BCUT2D eigenvalue weighted by molar-refractivity contribution is 0.445. The third-order valence-electron chi connectivity index (χ3n) is 2.55. The number of aromatic hydroxyl groups is 1. The Morgan fingerprint density at radius 1 is 1.31 bits per heavy atom. The first-order valence-electron chi connectivity index (χ1n) is 4.95. The molecule has 0 bridgehead atoms. The Kier molecular flexibility index (Phi) is 2.73. The van der Waals surface area contributed by atoms with Crippen molar-refractivity contribution in [2.24, 2.45) is 0 Å². The van der Waals surface area contributed by atoms with E-state index in [2.05, 4.69) is 0 Å². The van der Waals surface area contributed by atoms with Crippen molar-refractivity contribution in [3.63, 3.8) is 0 Å². The quantitative estimate of drug-likeness (QED) is 0.792. The zero-order chi connectivity index (χ0) is 11.8. The highest BCUT2D eigenvalue weighted by Crippen LogP contribution is 2.27. The molecule has 0 atom stereocenters. The molecule has 1 aromatic carbocycles. The summed E-state index contributed by atoms with van der Waals surface area (Å²) in [5.41, 5.74) is 1.03. The van der Waals surface area contributed by atoms with Crippen LogP contribution in [0.4, 0.5) is 0 Å². The molecule has 0 amide bonds. The summed E-state index contributed by atoms with van der Waals surface area (Å²) < 4.78 is 25.6. The van der Waals surface area contributed by atoms with Gasteiger partial charge in [-0.2, -0.15) is 4.31 Å². The fourth-order valence-electron chi connectivity index (χ4n) is 1.66. The Morgan fingerprint density at radius 3 is 2.56 bits per heavy atom. The Labute approximate surface area is 94.9 Å². The van der Waals surface area contributed by atoms with E-state index in [1.54, 1.807) is 12.1 Å². The molecule has 0 saturated heterocycles. The standard InChI is InChI=1S/C11H13NO3S/c1-9-6-7-12(8-9)16(14,15)11-5-3-2-4-10(11)13/h2-6,13H,7-8H2,1H3. The molecule has 16 heavy (non-hydrogen) atoms. The van der Waals surface area contributed by atoms with Gasteiger partial charge in [-0.1, -0.05) is 23.8 Å². The largest absolute Gasteiger partial charge is 0.507 e. The minimum absolute atomic E-state index is 0.0295. The number of phenolic OH excluding ortho intramolecular Hbond substituents is 1. The Hall–Kier alpha value is -1.33. The molecule has 0 fully saturated rings.